The van der Waals surface area contributed by atoms with E-state index in [4.69, 9.17) is 5.53 Å². The van der Waals surface area contributed by atoms with Crippen LogP contribution in [0, 0.1) is 17.8 Å². The Morgan fingerprint density at radius 3 is 2.85 bits per heavy atom. The molecule has 3 unspecified atom stereocenters. The number of aliphatic hydroxyl groups excluding tert-OH is 1. The minimum atomic E-state index is -0.397. The second-order valence-corrected chi connectivity index (χ2v) is 4.32. The predicted molar refractivity (Wildman–Crippen MR) is 49.0 cm³/mol. The molecule has 2 bridgehead atoms. The molecule has 0 aromatic heterocycles. The molecule has 0 aliphatic heterocycles. The molecule has 0 saturated heterocycles. The van der Waals surface area contributed by atoms with Gasteiger partial charge in [-0.05, 0) is 42.5 Å². The summed E-state index contributed by atoms with van der Waals surface area (Å²) in [6, 6.07) is 0. The summed E-state index contributed by atoms with van der Waals surface area (Å²) in [5.74, 6) is 1.95. The Bertz CT molecular complexity index is 237. The van der Waals surface area contributed by atoms with Gasteiger partial charge in [-0.25, -0.2) is 0 Å². The number of azide groups is 1. The van der Waals surface area contributed by atoms with Crippen LogP contribution in [0.15, 0.2) is 5.11 Å². The van der Waals surface area contributed by atoms with Crippen LogP contribution in [0.5, 0.6) is 0 Å². The Morgan fingerprint density at radius 2 is 2.31 bits per heavy atom. The quantitative estimate of drug-likeness (QED) is 0.404. The predicted octanol–water partition coefficient (Wildman–Crippen LogP) is 2.09. The molecule has 0 aromatic carbocycles. The molecule has 2 aliphatic rings. The van der Waals surface area contributed by atoms with Crippen molar-refractivity contribution >= 4 is 0 Å². The van der Waals surface area contributed by atoms with E-state index in [1.54, 1.807) is 0 Å². The fourth-order valence-electron chi connectivity index (χ4n) is 3.02. The molecule has 72 valence electrons. The van der Waals surface area contributed by atoms with Crippen LogP contribution in [-0.2, 0) is 0 Å². The van der Waals surface area contributed by atoms with Crippen molar-refractivity contribution < 1.29 is 5.11 Å². The van der Waals surface area contributed by atoms with Gasteiger partial charge in [0.25, 0.3) is 0 Å². The summed E-state index contributed by atoms with van der Waals surface area (Å²) in [5, 5.41) is 13.2. The molecule has 0 heterocycles. The first-order chi connectivity index (χ1) is 6.31. The highest BCUT2D eigenvalue weighted by atomic mass is 16.3. The van der Waals surface area contributed by atoms with E-state index in [0.717, 1.165) is 12.3 Å². The van der Waals surface area contributed by atoms with Gasteiger partial charge in [-0.1, -0.05) is 11.5 Å². The molecular formula is C9H15N3O. The van der Waals surface area contributed by atoms with Gasteiger partial charge < -0.3 is 5.11 Å². The van der Waals surface area contributed by atoms with Crippen LogP contribution >= 0.6 is 0 Å². The zero-order chi connectivity index (χ0) is 9.26. The number of rotatable bonds is 3. The number of fused-ring (bicyclic) bond motifs is 2. The van der Waals surface area contributed by atoms with Gasteiger partial charge in [0.1, 0.15) is 0 Å². The van der Waals surface area contributed by atoms with Gasteiger partial charge in [0.05, 0.1) is 12.6 Å². The number of aliphatic hydroxyl groups is 1. The summed E-state index contributed by atoms with van der Waals surface area (Å²) >= 11 is 0. The van der Waals surface area contributed by atoms with E-state index >= 15 is 0 Å². The summed E-state index contributed by atoms with van der Waals surface area (Å²) in [6.45, 7) is 0.254. The fraction of sp³-hybridized carbons (Fsp3) is 1.00. The molecule has 4 atom stereocenters. The first-order valence-corrected chi connectivity index (χ1v) is 5.00. The summed E-state index contributed by atoms with van der Waals surface area (Å²) in [6.07, 6.45) is 4.65. The lowest BCUT2D eigenvalue weighted by Crippen LogP contribution is -2.27. The Morgan fingerprint density at radius 1 is 1.46 bits per heavy atom. The number of hydrogen-bond donors (Lipinski definition) is 1. The fourth-order valence-corrected chi connectivity index (χ4v) is 3.02. The molecule has 2 rings (SSSR count). The van der Waals surface area contributed by atoms with Gasteiger partial charge in [0.15, 0.2) is 0 Å². The minimum absolute atomic E-state index is 0.254. The zero-order valence-corrected chi connectivity index (χ0v) is 7.63. The molecule has 2 saturated carbocycles. The highest BCUT2D eigenvalue weighted by molar-refractivity contribution is 4.93. The van der Waals surface area contributed by atoms with Crippen molar-refractivity contribution in [1.29, 1.82) is 0 Å². The van der Waals surface area contributed by atoms with Crippen molar-refractivity contribution in [2.75, 3.05) is 6.54 Å². The highest BCUT2D eigenvalue weighted by Gasteiger charge is 2.42. The number of hydrogen-bond acceptors (Lipinski definition) is 2. The summed E-state index contributed by atoms with van der Waals surface area (Å²) in [5.41, 5.74) is 8.14. The molecule has 2 aliphatic carbocycles. The zero-order valence-electron chi connectivity index (χ0n) is 7.63. The number of nitrogens with zero attached hydrogens (tertiary/aromatic N) is 3. The van der Waals surface area contributed by atoms with E-state index in [1.807, 2.05) is 0 Å². The lowest BCUT2D eigenvalue weighted by Gasteiger charge is -2.25. The van der Waals surface area contributed by atoms with E-state index in [0.29, 0.717) is 11.8 Å². The largest absolute Gasteiger partial charge is 0.393 e. The average molecular weight is 181 g/mol. The molecule has 0 amide bonds. The van der Waals surface area contributed by atoms with Crippen LogP contribution in [0.1, 0.15) is 25.7 Å². The Hall–Kier alpha value is -0.730. The molecule has 0 radical (unpaired) electrons. The van der Waals surface area contributed by atoms with Crippen LogP contribution in [0.3, 0.4) is 0 Å². The van der Waals surface area contributed by atoms with Crippen molar-refractivity contribution in [2.24, 2.45) is 22.9 Å². The van der Waals surface area contributed by atoms with E-state index in [1.165, 1.54) is 19.3 Å². The third-order valence-electron chi connectivity index (χ3n) is 3.62. The smallest absolute Gasteiger partial charge is 0.0627 e. The molecule has 1 N–H and O–H groups in total. The van der Waals surface area contributed by atoms with Crippen molar-refractivity contribution in [2.45, 2.75) is 31.8 Å². The topological polar surface area (TPSA) is 69.0 Å². The van der Waals surface area contributed by atoms with Crippen molar-refractivity contribution in [3.63, 3.8) is 0 Å². The van der Waals surface area contributed by atoms with E-state index in [2.05, 4.69) is 10.0 Å². The lowest BCUT2D eigenvalue weighted by atomic mass is 9.85. The SMILES string of the molecule is [N-]=[N+]=NC[C@@H](O)C1CC2CCC1C2. The minimum Gasteiger partial charge on any atom is -0.393 e. The maximum atomic E-state index is 9.74. The third kappa shape index (κ3) is 1.64. The highest BCUT2D eigenvalue weighted by Crippen LogP contribution is 2.49. The van der Waals surface area contributed by atoms with E-state index in [9.17, 15) is 5.11 Å². The summed E-state index contributed by atoms with van der Waals surface area (Å²) in [7, 11) is 0. The van der Waals surface area contributed by atoms with E-state index in [-0.39, 0.29) is 6.54 Å². The molecular weight excluding hydrogens is 166 g/mol. The van der Waals surface area contributed by atoms with Gasteiger partial charge in [-0.3, -0.25) is 0 Å². The first kappa shape index (κ1) is 8.85. The van der Waals surface area contributed by atoms with Gasteiger partial charge in [0, 0.05) is 4.91 Å². The molecule has 0 spiro atoms. The monoisotopic (exact) mass is 181 g/mol. The lowest BCUT2D eigenvalue weighted by molar-refractivity contribution is 0.0819. The molecule has 4 heteroatoms. The normalized spacial score (nSPS) is 38.7. The van der Waals surface area contributed by atoms with Crippen molar-refractivity contribution in [3.05, 3.63) is 10.4 Å². The van der Waals surface area contributed by atoms with Gasteiger partial charge in [0.2, 0.25) is 0 Å². The van der Waals surface area contributed by atoms with Crippen LogP contribution in [0.25, 0.3) is 10.4 Å². The van der Waals surface area contributed by atoms with Gasteiger partial charge >= 0.3 is 0 Å². The van der Waals surface area contributed by atoms with Crippen LogP contribution in [-0.4, -0.2) is 17.8 Å². The second-order valence-electron chi connectivity index (χ2n) is 4.32. The van der Waals surface area contributed by atoms with Crippen molar-refractivity contribution in [3.8, 4) is 0 Å². The van der Waals surface area contributed by atoms with Crippen LogP contribution in [0.2, 0.25) is 0 Å². The molecule has 13 heavy (non-hydrogen) atoms. The molecule has 0 aromatic rings. The first-order valence-electron chi connectivity index (χ1n) is 5.00. The van der Waals surface area contributed by atoms with Crippen LogP contribution < -0.4 is 0 Å². The molecule has 2 fully saturated rings. The third-order valence-corrected chi connectivity index (χ3v) is 3.62. The average Bonchev–Trinajstić information content (AvgIpc) is 2.74. The maximum Gasteiger partial charge on any atom is 0.0627 e. The Balaban J connectivity index is 1.90. The van der Waals surface area contributed by atoms with Crippen molar-refractivity contribution in [1.82, 2.24) is 0 Å². The summed E-state index contributed by atoms with van der Waals surface area (Å²) < 4.78 is 0. The standard InChI is InChI=1S/C9H15N3O/c10-12-11-5-9(13)8-4-6-1-2-7(8)3-6/h6-9,13H,1-5H2/t6?,7?,8?,9-/m1/s1. The summed E-state index contributed by atoms with van der Waals surface area (Å²) in [4.78, 5) is 2.67. The van der Waals surface area contributed by atoms with E-state index < -0.39 is 6.10 Å². The maximum absolute atomic E-state index is 9.74. The van der Waals surface area contributed by atoms with Crippen LogP contribution in [0.4, 0.5) is 0 Å². The van der Waals surface area contributed by atoms with Gasteiger partial charge in [-0.2, -0.15) is 0 Å². The Kier molecular flexibility index (Phi) is 2.42. The second kappa shape index (κ2) is 3.56. The molecule has 4 nitrogen and oxygen atoms in total. The van der Waals surface area contributed by atoms with Gasteiger partial charge in [-0.15, -0.1) is 0 Å². The Labute approximate surface area is 77.6 Å².